The molecule has 1 aromatic carbocycles. The summed E-state index contributed by atoms with van der Waals surface area (Å²) in [6.07, 6.45) is 1.12. The Morgan fingerprint density at radius 3 is 2.52 bits per heavy atom. The summed E-state index contributed by atoms with van der Waals surface area (Å²) < 4.78 is 35.7. The van der Waals surface area contributed by atoms with E-state index >= 15 is 0 Å². The lowest BCUT2D eigenvalue weighted by atomic mass is 9.88. The summed E-state index contributed by atoms with van der Waals surface area (Å²) in [6, 6.07) is 8.31. The quantitative estimate of drug-likeness (QED) is 0.609. The summed E-state index contributed by atoms with van der Waals surface area (Å²) in [7, 11) is 0. The first-order valence-corrected chi connectivity index (χ1v) is 9.95. The number of carbonyl (C=O) groups excluding carboxylic acids is 1. The minimum Gasteiger partial charge on any atom is -0.395 e. The number of pyridine rings is 1. The molecule has 8 heteroatoms. The van der Waals surface area contributed by atoms with Crippen molar-refractivity contribution >= 4 is 5.78 Å². The van der Waals surface area contributed by atoms with Crippen molar-refractivity contribution in [1.82, 2.24) is 15.0 Å². The van der Waals surface area contributed by atoms with Crippen molar-refractivity contribution in [2.24, 2.45) is 0 Å². The lowest BCUT2D eigenvalue weighted by Gasteiger charge is -2.15. The maximum atomic E-state index is 13.3. The number of hydrogen-bond acceptors (Lipinski definition) is 6. The average molecular weight is 423 g/mol. The number of alkyl halides is 2. The van der Waals surface area contributed by atoms with Crippen LogP contribution in [0.5, 0.6) is 11.5 Å². The van der Waals surface area contributed by atoms with Crippen LogP contribution in [0.4, 0.5) is 8.78 Å². The van der Waals surface area contributed by atoms with Crippen molar-refractivity contribution in [1.29, 1.82) is 0 Å². The van der Waals surface area contributed by atoms with E-state index in [1.807, 2.05) is 26.0 Å². The van der Waals surface area contributed by atoms with E-state index in [-0.39, 0.29) is 23.7 Å². The van der Waals surface area contributed by atoms with Gasteiger partial charge in [0.2, 0.25) is 0 Å². The van der Waals surface area contributed by atoms with E-state index in [1.165, 1.54) is 12.1 Å². The van der Waals surface area contributed by atoms with E-state index in [9.17, 15) is 13.6 Å². The summed E-state index contributed by atoms with van der Waals surface area (Å²) >= 11 is 0. The molecule has 3 heterocycles. The van der Waals surface area contributed by atoms with Gasteiger partial charge in [-0.15, -0.1) is 8.78 Å². The molecule has 0 saturated heterocycles. The van der Waals surface area contributed by atoms with Crippen LogP contribution in [0, 0.1) is 13.8 Å². The minimum absolute atomic E-state index is 0.00424. The van der Waals surface area contributed by atoms with E-state index in [4.69, 9.17) is 0 Å². The largest absolute Gasteiger partial charge is 0.586 e. The standard InChI is InChI=1S/C23H19F2N3O3/c1-13-3-5-16(28-21(13)17-12-26-14(2)11-27-17)10-20(29)22(7-8-22)15-4-6-18-19(9-15)31-23(24,25)30-18/h3-6,9,11-12H,7-8,10H2,1-2H3. The monoisotopic (exact) mass is 423 g/mol. The van der Waals surface area contributed by atoms with Gasteiger partial charge in [0.05, 0.1) is 23.0 Å². The predicted octanol–water partition coefficient (Wildman–Crippen LogP) is 4.32. The molecule has 0 atom stereocenters. The van der Waals surface area contributed by atoms with Gasteiger partial charge >= 0.3 is 6.29 Å². The molecule has 0 radical (unpaired) electrons. The molecule has 0 spiro atoms. The minimum atomic E-state index is -3.68. The smallest absolute Gasteiger partial charge is 0.395 e. The van der Waals surface area contributed by atoms with Crippen LogP contribution in [0.1, 0.15) is 35.4 Å². The Bertz CT molecular complexity index is 1190. The van der Waals surface area contributed by atoms with Gasteiger partial charge in [0.1, 0.15) is 11.5 Å². The zero-order chi connectivity index (χ0) is 21.8. The number of benzene rings is 1. The molecule has 1 aliphatic carbocycles. The van der Waals surface area contributed by atoms with E-state index in [0.29, 0.717) is 35.5 Å². The van der Waals surface area contributed by atoms with Gasteiger partial charge in [-0.1, -0.05) is 12.1 Å². The number of nitrogens with zero attached hydrogens (tertiary/aromatic N) is 3. The highest BCUT2D eigenvalue weighted by molar-refractivity contribution is 5.94. The van der Waals surface area contributed by atoms with Crippen LogP contribution < -0.4 is 9.47 Å². The molecule has 0 amide bonds. The normalized spacial score (nSPS) is 17.4. The fraction of sp³-hybridized carbons (Fsp3) is 0.304. The maximum absolute atomic E-state index is 13.3. The number of carbonyl (C=O) groups is 1. The van der Waals surface area contributed by atoms with Gasteiger partial charge in [-0.3, -0.25) is 19.7 Å². The Hall–Kier alpha value is -3.42. The van der Waals surface area contributed by atoms with Crippen molar-refractivity contribution in [3.05, 3.63) is 65.2 Å². The van der Waals surface area contributed by atoms with Gasteiger partial charge in [0.15, 0.2) is 11.5 Å². The summed E-state index contributed by atoms with van der Waals surface area (Å²) in [5.74, 6) is -0.0771. The fourth-order valence-electron chi connectivity index (χ4n) is 3.88. The van der Waals surface area contributed by atoms with E-state index in [0.717, 1.165) is 11.3 Å². The molecule has 2 aliphatic rings. The molecule has 0 unspecified atom stereocenters. The topological polar surface area (TPSA) is 74.2 Å². The van der Waals surface area contributed by atoms with Crippen molar-refractivity contribution in [3.8, 4) is 22.9 Å². The van der Waals surface area contributed by atoms with Crippen LogP contribution in [-0.2, 0) is 16.6 Å². The highest BCUT2D eigenvalue weighted by Crippen LogP contribution is 2.52. The van der Waals surface area contributed by atoms with E-state index in [1.54, 1.807) is 18.5 Å². The second-order valence-electron chi connectivity index (χ2n) is 8.02. The summed E-state index contributed by atoms with van der Waals surface area (Å²) in [4.78, 5) is 26.5. The van der Waals surface area contributed by atoms with Crippen LogP contribution in [0.2, 0.25) is 0 Å². The summed E-state index contributed by atoms with van der Waals surface area (Å²) in [6.45, 7) is 3.79. The molecule has 0 N–H and O–H groups in total. The Labute approximate surface area is 177 Å². The molecule has 1 aliphatic heterocycles. The first kappa shape index (κ1) is 19.5. The number of aromatic nitrogens is 3. The third kappa shape index (κ3) is 3.52. The highest BCUT2D eigenvalue weighted by Gasteiger charge is 2.52. The number of hydrogen-bond donors (Lipinski definition) is 0. The van der Waals surface area contributed by atoms with Crippen LogP contribution in [0.15, 0.2) is 42.7 Å². The number of rotatable bonds is 5. The average Bonchev–Trinajstić information content (AvgIpc) is 3.47. The summed E-state index contributed by atoms with van der Waals surface area (Å²) in [5.41, 5.74) is 3.67. The van der Waals surface area contributed by atoms with E-state index < -0.39 is 11.7 Å². The number of Topliss-reactive ketones (excluding diaryl/α,β-unsaturated/α-hetero) is 1. The van der Waals surface area contributed by atoms with Crippen LogP contribution in [-0.4, -0.2) is 27.0 Å². The van der Waals surface area contributed by atoms with Gasteiger partial charge in [0.25, 0.3) is 0 Å². The molecule has 2 aromatic heterocycles. The second kappa shape index (κ2) is 6.80. The fourth-order valence-corrected chi connectivity index (χ4v) is 3.88. The Balaban J connectivity index is 1.40. The van der Waals surface area contributed by atoms with Gasteiger partial charge in [-0.25, -0.2) is 0 Å². The molecule has 158 valence electrons. The lowest BCUT2D eigenvalue weighted by molar-refractivity contribution is -0.286. The van der Waals surface area contributed by atoms with Crippen molar-refractivity contribution < 1.29 is 23.0 Å². The third-order valence-corrected chi connectivity index (χ3v) is 5.76. The van der Waals surface area contributed by atoms with Gasteiger partial charge in [-0.05, 0) is 56.0 Å². The maximum Gasteiger partial charge on any atom is 0.586 e. The van der Waals surface area contributed by atoms with Gasteiger partial charge in [0, 0.05) is 18.3 Å². The van der Waals surface area contributed by atoms with Crippen LogP contribution in [0.3, 0.4) is 0 Å². The molecule has 5 rings (SSSR count). The van der Waals surface area contributed by atoms with Gasteiger partial charge < -0.3 is 9.47 Å². The SMILES string of the molecule is Cc1cnc(-c2nc(CC(=O)C3(c4ccc5c(c4)OC(F)(F)O5)CC3)ccc2C)cn1. The molecular formula is C23H19F2N3O3. The molecule has 1 saturated carbocycles. The van der Waals surface area contributed by atoms with Crippen molar-refractivity contribution in [2.45, 2.75) is 44.8 Å². The number of fused-ring (bicyclic) bond motifs is 1. The zero-order valence-corrected chi connectivity index (χ0v) is 17.0. The Morgan fingerprint density at radius 1 is 1.03 bits per heavy atom. The molecule has 31 heavy (non-hydrogen) atoms. The number of aryl methyl sites for hydroxylation is 2. The highest BCUT2D eigenvalue weighted by atomic mass is 19.3. The second-order valence-corrected chi connectivity index (χ2v) is 8.02. The molecular weight excluding hydrogens is 404 g/mol. The van der Waals surface area contributed by atoms with Crippen LogP contribution >= 0.6 is 0 Å². The molecule has 0 bridgehead atoms. The zero-order valence-electron chi connectivity index (χ0n) is 17.0. The molecule has 3 aromatic rings. The summed E-state index contributed by atoms with van der Waals surface area (Å²) in [5, 5.41) is 0. The van der Waals surface area contributed by atoms with E-state index in [2.05, 4.69) is 24.4 Å². The number of halogens is 2. The number of ether oxygens (including phenoxy) is 2. The van der Waals surface area contributed by atoms with Gasteiger partial charge in [-0.2, -0.15) is 0 Å². The van der Waals surface area contributed by atoms with Crippen LogP contribution in [0.25, 0.3) is 11.4 Å². The van der Waals surface area contributed by atoms with Crippen molar-refractivity contribution in [2.75, 3.05) is 0 Å². The lowest BCUT2D eigenvalue weighted by Crippen LogP contribution is -2.26. The molecule has 6 nitrogen and oxygen atoms in total. The predicted molar refractivity (Wildman–Crippen MR) is 107 cm³/mol. The van der Waals surface area contributed by atoms with Crippen molar-refractivity contribution in [3.63, 3.8) is 0 Å². The Morgan fingerprint density at radius 2 is 1.81 bits per heavy atom. The third-order valence-electron chi connectivity index (χ3n) is 5.76. The molecule has 1 fully saturated rings. The number of ketones is 1. The first-order chi connectivity index (χ1) is 14.8. The Kier molecular flexibility index (Phi) is 4.28. The first-order valence-electron chi connectivity index (χ1n) is 9.95.